The van der Waals surface area contributed by atoms with E-state index >= 15 is 0 Å². The zero-order chi connectivity index (χ0) is 17.4. The maximum atomic E-state index is 12.5. The van der Waals surface area contributed by atoms with Gasteiger partial charge in [-0.2, -0.15) is 21.6 Å². The molecule has 0 aliphatic carbocycles. The van der Waals surface area contributed by atoms with Crippen LogP contribution in [0.15, 0.2) is 27.4 Å². The molecule has 1 heterocycles. The zero-order valence-corrected chi connectivity index (χ0v) is 12.4. The van der Waals surface area contributed by atoms with Gasteiger partial charge in [-0.15, -0.1) is 0 Å². The number of hydrogen-bond acceptors (Lipinski definition) is 7. The monoisotopic (exact) mass is 354 g/mol. The summed E-state index contributed by atoms with van der Waals surface area (Å²) in [6.07, 6.45) is 0. The van der Waals surface area contributed by atoms with E-state index in [-0.39, 0.29) is 22.5 Å². The Hall–Kier alpha value is -2.43. The van der Waals surface area contributed by atoms with Crippen LogP contribution in [0.3, 0.4) is 0 Å². The first-order chi connectivity index (χ1) is 10.6. The van der Waals surface area contributed by atoms with Crippen molar-refractivity contribution in [2.45, 2.75) is 5.51 Å². The summed E-state index contributed by atoms with van der Waals surface area (Å²) in [5.74, 6) is -0.964. The third-order valence-corrected chi connectivity index (χ3v) is 3.66. The van der Waals surface area contributed by atoms with Crippen molar-refractivity contribution in [2.75, 3.05) is 14.2 Å². The van der Waals surface area contributed by atoms with E-state index in [1.165, 1.54) is 26.4 Å². The van der Waals surface area contributed by atoms with E-state index in [2.05, 4.69) is 4.18 Å². The maximum absolute atomic E-state index is 12.5. The summed E-state index contributed by atoms with van der Waals surface area (Å²) in [5, 5.41) is -0.292. The minimum Gasteiger partial charge on any atom is -0.493 e. The molecule has 0 aliphatic rings. The van der Waals surface area contributed by atoms with Gasteiger partial charge in [0, 0.05) is 0 Å². The summed E-state index contributed by atoms with van der Waals surface area (Å²) < 4.78 is 78.6. The van der Waals surface area contributed by atoms with Crippen LogP contribution < -0.4 is 19.3 Å². The van der Waals surface area contributed by atoms with E-state index in [1.807, 2.05) is 0 Å². The highest BCUT2D eigenvalue weighted by Crippen LogP contribution is 2.41. The summed E-state index contributed by atoms with van der Waals surface area (Å²) in [4.78, 5) is 11.4. The first-order valence-electron chi connectivity index (χ1n) is 5.80. The molecule has 7 nitrogen and oxygen atoms in total. The molecule has 1 aromatic carbocycles. The van der Waals surface area contributed by atoms with Gasteiger partial charge >= 0.3 is 21.3 Å². The van der Waals surface area contributed by atoms with Crippen LogP contribution in [0, 0.1) is 0 Å². The van der Waals surface area contributed by atoms with Gasteiger partial charge in [-0.25, -0.2) is 4.79 Å². The predicted octanol–water partition coefficient (Wildman–Crippen LogP) is 2.04. The Morgan fingerprint density at radius 2 is 1.74 bits per heavy atom. The number of ether oxygens (including phenoxy) is 2. The number of halogens is 3. The standard InChI is InChI=1S/C12H9F3O7S/c1-19-7-4-3-6-10(11(7)20-2)8(5-9(16)21-6)22-23(17,18)12(13,14)15/h3-5H,1-2H3. The van der Waals surface area contributed by atoms with Crippen LogP contribution in [-0.4, -0.2) is 28.1 Å². The largest absolute Gasteiger partial charge is 0.534 e. The molecule has 0 bridgehead atoms. The Balaban J connectivity index is 2.80. The second-order valence-corrected chi connectivity index (χ2v) is 5.62. The molecule has 0 atom stereocenters. The summed E-state index contributed by atoms with van der Waals surface area (Å²) in [6, 6.07) is 2.99. The van der Waals surface area contributed by atoms with E-state index in [1.54, 1.807) is 0 Å². The molecule has 1 aromatic heterocycles. The van der Waals surface area contributed by atoms with Crippen molar-refractivity contribution in [3.8, 4) is 17.2 Å². The van der Waals surface area contributed by atoms with Gasteiger partial charge < -0.3 is 18.1 Å². The Kier molecular flexibility index (Phi) is 4.16. The van der Waals surface area contributed by atoms with E-state index in [9.17, 15) is 26.4 Å². The fourth-order valence-corrected chi connectivity index (χ4v) is 2.24. The molecule has 0 fully saturated rings. The molecule has 2 aromatic rings. The molecule has 0 amide bonds. The first kappa shape index (κ1) is 16.9. The average molecular weight is 354 g/mol. The third-order valence-electron chi connectivity index (χ3n) is 2.70. The predicted molar refractivity (Wildman–Crippen MR) is 71.2 cm³/mol. The molecule has 11 heteroatoms. The van der Waals surface area contributed by atoms with Crippen LogP contribution in [0.4, 0.5) is 13.2 Å². The van der Waals surface area contributed by atoms with Crippen molar-refractivity contribution < 1.29 is 39.7 Å². The van der Waals surface area contributed by atoms with Crippen LogP contribution in [0.25, 0.3) is 11.0 Å². The fraction of sp³-hybridized carbons (Fsp3) is 0.250. The molecule has 2 rings (SSSR count). The highest BCUT2D eigenvalue weighted by Gasteiger charge is 2.49. The highest BCUT2D eigenvalue weighted by atomic mass is 32.2. The van der Waals surface area contributed by atoms with Crippen molar-refractivity contribution in [1.82, 2.24) is 0 Å². The molecule has 0 aliphatic heterocycles. The number of benzene rings is 1. The number of fused-ring (bicyclic) bond motifs is 1. The third kappa shape index (κ3) is 3.04. The summed E-state index contributed by atoms with van der Waals surface area (Å²) in [7, 11) is -3.55. The lowest BCUT2D eigenvalue weighted by Gasteiger charge is -2.14. The van der Waals surface area contributed by atoms with Gasteiger partial charge in [-0.3, -0.25) is 0 Å². The first-order valence-corrected chi connectivity index (χ1v) is 7.21. The summed E-state index contributed by atoms with van der Waals surface area (Å²) in [5.41, 5.74) is -7.00. The van der Waals surface area contributed by atoms with Gasteiger partial charge in [0.2, 0.25) is 0 Å². The molecular weight excluding hydrogens is 345 g/mol. The maximum Gasteiger partial charge on any atom is 0.534 e. The Morgan fingerprint density at radius 1 is 1.09 bits per heavy atom. The van der Waals surface area contributed by atoms with E-state index in [4.69, 9.17) is 13.9 Å². The SMILES string of the molecule is COc1ccc2oc(=O)cc(OS(=O)(=O)C(F)(F)F)c2c1OC. The van der Waals surface area contributed by atoms with Crippen LogP contribution in [0.2, 0.25) is 0 Å². The van der Waals surface area contributed by atoms with Gasteiger partial charge in [-0.05, 0) is 12.1 Å². The quantitative estimate of drug-likeness (QED) is 0.471. The zero-order valence-electron chi connectivity index (χ0n) is 11.6. The highest BCUT2D eigenvalue weighted by molar-refractivity contribution is 7.88. The molecule has 23 heavy (non-hydrogen) atoms. The van der Waals surface area contributed by atoms with Gasteiger partial charge in [0.15, 0.2) is 17.2 Å². The fourth-order valence-electron chi connectivity index (χ4n) is 1.78. The lowest BCUT2D eigenvalue weighted by Crippen LogP contribution is -2.28. The summed E-state index contributed by atoms with van der Waals surface area (Å²) in [6.45, 7) is 0. The topological polar surface area (TPSA) is 92.0 Å². The smallest absolute Gasteiger partial charge is 0.493 e. The van der Waals surface area contributed by atoms with Gasteiger partial charge in [0.1, 0.15) is 11.0 Å². The van der Waals surface area contributed by atoms with Crippen molar-refractivity contribution in [3.63, 3.8) is 0 Å². The van der Waals surface area contributed by atoms with Crippen LogP contribution >= 0.6 is 0 Å². The Bertz CT molecular complexity index is 899. The Labute approximate surface area is 127 Å². The molecule has 0 saturated heterocycles. The molecular formula is C12H9F3O7S. The molecule has 0 N–H and O–H groups in total. The second kappa shape index (κ2) is 5.65. The van der Waals surface area contributed by atoms with Gasteiger partial charge in [-0.1, -0.05) is 0 Å². The molecule has 0 spiro atoms. The van der Waals surface area contributed by atoms with Crippen LogP contribution in [0.5, 0.6) is 17.2 Å². The van der Waals surface area contributed by atoms with Crippen LogP contribution in [-0.2, 0) is 10.1 Å². The molecule has 126 valence electrons. The minimum absolute atomic E-state index is 0.0723. The van der Waals surface area contributed by atoms with Crippen molar-refractivity contribution in [1.29, 1.82) is 0 Å². The van der Waals surface area contributed by atoms with Crippen LogP contribution in [0.1, 0.15) is 0 Å². The molecule has 0 radical (unpaired) electrons. The number of hydrogen-bond donors (Lipinski definition) is 0. The average Bonchev–Trinajstić information content (AvgIpc) is 2.44. The number of methoxy groups -OCH3 is 2. The van der Waals surface area contributed by atoms with Crippen molar-refractivity contribution >= 4 is 21.1 Å². The summed E-state index contributed by atoms with van der Waals surface area (Å²) >= 11 is 0. The lowest BCUT2D eigenvalue weighted by atomic mass is 10.2. The Morgan fingerprint density at radius 3 is 2.26 bits per heavy atom. The lowest BCUT2D eigenvalue weighted by molar-refractivity contribution is -0.0499. The van der Waals surface area contributed by atoms with E-state index in [0.717, 1.165) is 0 Å². The van der Waals surface area contributed by atoms with Gasteiger partial charge in [0.05, 0.1) is 20.3 Å². The van der Waals surface area contributed by atoms with E-state index < -0.39 is 27.0 Å². The van der Waals surface area contributed by atoms with Crippen molar-refractivity contribution in [3.05, 3.63) is 28.6 Å². The minimum atomic E-state index is -5.98. The molecule has 0 saturated carbocycles. The normalized spacial score (nSPS) is 12.2. The second-order valence-electron chi connectivity index (χ2n) is 4.09. The van der Waals surface area contributed by atoms with E-state index in [0.29, 0.717) is 6.07 Å². The van der Waals surface area contributed by atoms with Crippen molar-refractivity contribution in [2.24, 2.45) is 0 Å². The van der Waals surface area contributed by atoms with Gasteiger partial charge in [0.25, 0.3) is 0 Å². The number of rotatable bonds is 4. The molecule has 0 unspecified atom stereocenters. The number of alkyl halides is 3.